The first-order valence-electron chi connectivity index (χ1n) is 7.08. The summed E-state index contributed by atoms with van der Waals surface area (Å²) >= 11 is 0. The lowest BCUT2D eigenvalue weighted by Crippen LogP contribution is -2.45. The molecule has 1 amide bonds. The minimum Gasteiger partial charge on any atom is -0.340 e. The van der Waals surface area contributed by atoms with Crippen molar-refractivity contribution < 1.29 is 18.0 Å². The average Bonchev–Trinajstić information content (AvgIpc) is 2.90. The molecule has 1 fully saturated rings. The summed E-state index contributed by atoms with van der Waals surface area (Å²) in [6.07, 6.45) is -3.80. The third kappa shape index (κ3) is 2.90. The third-order valence-corrected chi connectivity index (χ3v) is 3.94. The van der Waals surface area contributed by atoms with Crippen LogP contribution in [-0.2, 0) is 11.3 Å². The molecule has 2 aromatic rings. The number of para-hydroxylation sites is 1. The van der Waals surface area contributed by atoms with Crippen LogP contribution in [0.4, 0.5) is 13.2 Å². The van der Waals surface area contributed by atoms with Crippen LogP contribution in [-0.4, -0.2) is 45.1 Å². The molecule has 2 heterocycles. The molecule has 0 aliphatic carbocycles. The van der Waals surface area contributed by atoms with Crippen molar-refractivity contribution in [2.24, 2.45) is 5.92 Å². The number of benzene rings is 1. The Hall–Kier alpha value is -2.12. The van der Waals surface area contributed by atoms with Gasteiger partial charge in [0.1, 0.15) is 12.1 Å². The zero-order valence-corrected chi connectivity index (χ0v) is 11.8. The maximum atomic E-state index is 12.8. The predicted octanol–water partition coefficient (Wildman–Crippen LogP) is 2.23. The number of nitrogens with zero attached hydrogens (tertiary/aromatic N) is 4. The number of likely N-dealkylation sites (tertiary alicyclic amines) is 1. The summed E-state index contributed by atoms with van der Waals surface area (Å²) in [5, 5.41) is 7.83. The molecule has 1 saturated heterocycles. The van der Waals surface area contributed by atoms with Crippen molar-refractivity contribution >= 4 is 16.9 Å². The Morgan fingerprint density at radius 2 is 2.09 bits per heavy atom. The number of amides is 1. The number of hydrogen-bond acceptors (Lipinski definition) is 3. The van der Waals surface area contributed by atoms with Crippen molar-refractivity contribution in [1.29, 1.82) is 0 Å². The number of hydrogen-bond donors (Lipinski definition) is 0. The summed E-state index contributed by atoms with van der Waals surface area (Å²) in [5.41, 5.74) is 1.35. The Morgan fingerprint density at radius 1 is 1.32 bits per heavy atom. The topological polar surface area (TPSA) is 51.0 Å². The second-order valence-corrected chi connectivity index (χ2v) is 5.46. The monoisotopic (exact) mass is 312 g/mol. The molecule has 0 spiro atoms. The van der Waals surface area contributed by atoms with E-state index in [9.17, 15) is 18.0 Å². The number of aromatic nitrogens is 3. The van der Waals surface area contributed by atoms with Gasteiger partial charge in [-0.25, -0.2) is 4.68 Å². The van der Waals surface area contributed by atoms with Gasteiger partial charge in [0.2, 0.25) is 5.91 Å². The van der Waals surface area contributed by atoms with E-state index in [2.05, 4.69) is 10.3 Å². The van der Waals surface area contributed by atoms with Crippen molar-refractivity contribution in [3.8, 4) is 0 Å². The summed E-state index contributed by atoms with van der Waals surface area (Å²) in [6.45, 7) is -0.00189. The Balaban J connectivity index is 1.71. The highest BCUT2D eigenvalue weighted by Crippen LogP contribution is 2.33. The maximum absolute atomic E-state index is 12.8. The van der Waals surface area contributed by atoms with Gasteiger partial charge in [-0.3, -0.25) is 4.79 Å². The highest BCUT2D eigenvalue weighted by Gasteiger charge is 2.42. The molecule has 1 aromatic carbocycles. The Morgan fingerprint density at radius 3 is 2.86 bits per heavy atom. The first-order chi connectivity index (χ1) is 10.4. The van der Waals surface area contributed by atoms with Gasteiger partial charge in [0.25, 0.3) is 0 Å². The number of carbonyl (C=O) groups is 1. The molecule has 22 heavy (non-hydrogen) atoms. The average molecular weight is 312 g/mol. The normalized spacial score (nSPS) is 19.6. The summed E-state index contributed by atoms with van der Waals surface area (Å²) < 4.78 is 39.8. The van der Waals surface area contributed by atoms with Crippen LogP contribution in [0.15, 0.2) is 24.3 Å². The molecule has 1 aliphatic heterocycles. The van der Waals surface area contributed by atoms with Crippen molar-refractivity contribution in [3.05, 3.63) is 24.3 Å². The van der Waals surface area contributed by atoms with E-state index >= 15 is 0 Å². The fourth-order valence-electron chi connectivity index (χ4n) is 2.73. The van der Waals surface area contributed by atoms with Crippen LogP contribution < -0.4 is 0 Å². The molecule has 1 aromatic heterocycles. The van der Waals surface area contributed by atoms with Crippen LogP contribution in [0.2, 0.25) is 0 Å². The quantitative estimate of drug-likeness (QED) is 0.854. The van der Waals surface area contributed by atoms with Crippen molar-refractivity contribution in [1.82, 2.24) is 19.9 Å². The lowest BCUT2D eigenvalue weighted by molar-refractivity contribution is -0.188. The zero-order chi connectivity index (χ0) is 15.7. The van der Waals surface area contributed by atoms with Crippen LogP contribution in [0.1, 0.15) is 12.8 Å². The smallest absolute Gasteiger partial charge is 0.340 e. The van der Waals surface area contributed by atoms with Gasteiger partial charge in [-0.1, -0.05) is 17.3 Å². The number of rotatable bonds is 2. The molecule has 0 radical (unpaired) electrons. The zero-order valence-electron chi connectivity index (χ0n) is 11.8. The van der Waals surface area contributed by atoms with Crippen LogP contribution in [0.3, 0.4) is 0 Å². The van der Waals surface area contributed by atoms with E-state index in [0.717, 1.165) is 0 Å². The highest BCUT2D eigenvalue weighted by molar-refractivity contribution is 5.79. The molecule has 3 rings (SSSR count). The molecule has 1 aliphatic rings. The molecule has 0 N–H and O–H groups in total. The minimum atomic E-state index is -4.25. The summed E-state index contributed by atoms with van der Waals surface area (Å²) in [5.74, 6) is -1.79. The molecule has 8 heteroatoms. The van der Waals surface area contributed by atoms with Crippen LogP contribution in [0, 0.1) is 5.92 Å². The van der Waals surface area contributed by atoms with Crippen molar-refractivity contribution in [2.45, 2.75) is 25.6 Å². The summed E-state index contributed by atoms with van der Waals surface area (Å²) in [6, 6.07) is 7.15. The van der Waals surface area contributed by atoms with Crippen LogP contribution in [0.25, 0.3) is 11.0 Å². The number of halogens is 3. The Labute approximate surface area is 124 Å². The van der Waals surface area contributed by atoms with Crippen molar-refractivity contribution in [3.63, 3.8) is 0 Å². The van der Waals surface area contributed by atoms with Gasteiger partial charge in [0, 0.05) is 13.1 Å². The Kier molecular flexibility index (Phi) is 3.76. The number of carbonyl (C=O) groups excluding carboxylic acids is 1. The molecular formula is C14H15F3N4O. The highest BCUT2D eigenvalue weighted by atomic mass is 19.4. The lowest BCUT2D eigenvalue weighted by Gasteiger charge is -2.33. The number of alkyl halides is 3. The SMILES string of the molecule is O=C(Cn1nnc2ccccc21)N1CCCC(C(F)(F)F)C1. The van der Waals surface area contributed by atoms with Gasteiger partial charge in [0.15, 0.2) is 0 Å². The van der Waals surface area contributed by atoms with Gasteiger partial charge in [-0.05, 0) is 25.0 Å². The third-order valence-electron chi connectivity index (χ3n) is 3.94. The standard InChI is InChI=1S/C14H15F3N4O/c15-14(16,17)10-4-3-7-20(8-10)13(22)9-21-12-6-2-1-5-11(12)18-19-21/h1-2,5-6,10H,3-4,7-9H2. The van der Waals surface area contributed by atoms with Crippen LogP contribution >= 0.6 is 0 Å². The van der Waals surface area contributed by atoms with Gasteiger partial charge in [0.05, 0.1) is 11.4 Å². The molecule has 1 atom stereocenters. The van der Waals surface area contributed by atoms with E-state index in [0.29, 0.717) is 24.0 Å². The van der Waals surface area contributed by atoms with E-state index in [-0.39, 0.29) is 25.4 Å². The van der Waals surface area contributed by atoms with E-state index in [1.165, 1.54) is 9.58 Å². The molecule has 118 valence electrons. The second kappa shape index (κ2) is 5.58. The predicted molar refractivity (Wildman–Crippen MR) is 72.9 cm³/mol. The van der Waals surface area contributed by atoms with Gasteiger partial charge in [-0.15, -0.1) is 5.10 Å². The van der Waals surface area contributed by atoms with Gasteiger partial charge >= 0.3 is 6.18 Å². The molecule has 0 saturated carbocycles. The van der Waals surface area contributed by atoms with E-state index in [4.69, 9.17) is 0 Å². The molecule has 0 bridgehead atoms. The Bertz CT molecular complexity index is 682. The van der Waals surface area contributed by atoms with Gasteiger partial charge < -0.3 is 4.90 Å². The molecule has 5 nitrogen and oxygen atoms in total. The second-order valence-electron chi connectivity index (χ2n) is 5.46. The van der Waals surface area contributed by atoms with E-state index in [1.807, 2.05) is 6.07 Å². The van der Waals surface area contributed by atoms with E-state index in [1.54, 1.807) is 18.2 Å². The van der Waals surface area contributed by atoms with E-state index < -0.39 is 12.1 Å². The summed E-state index contributed by atoms with van der Waals surface area (Å²) in [4.78, 5) is 13.5. The fraction of sp³-hybridized carbons (Fsp3) is 0.500. The van der Waals surface area contributed by atoms with Crippen LogP contribution in [0.5, 0.6) is 0 Å². The lowest BCUT2D eigenvalue weighted by atomic mass is 9.97. The summed E-state index contributed by atoms with van der Waals surface area (Å²) in [7, 11) is 0. The fourth-order valence-corrected chi connectivity index (χ4v) is 2.73. The largest absolute Gasteiger partial charge is 0.393 e. The first kappa shape index (κ1) is 14.8. The number of piperidine rings is 1. The van der Waals surface area contributed by atoms with Crippen molar-refractivity contribution in [2.75, 3.05) is 13.1 Å². The van der Waals surface area contributed by atoms with Gasteiger partial charge in [-0.2, -0.15) is 13.2 Å². The first-order valence-corrected chi connectivity index (χ1v) is 7.08. The number of fused-ring (bicyclic) bond motifs is 1. The minimum absolute atomic E-state index is 0.0829. The molecule has 1 unspecified atom stereocenters. The maximum Gasteiger partial charge on any atom is 0.393 e. The molecular weight excluding hydrogens is 297 g/mol.